The van der Waals surface area contributed by atoms with Gasteiger partial charge < -0.3 is 4.57 Å². The topological polar surface area (TPSA) is 111 Å². The lowest BCUT2D eigenvalue weighted by atomic mass is 10.1. The Morgan fingerprint density at radius 1 is 0.683 bits per heavy atom. The van der Waals surface area contributed by atoms with E-state index in [0.717, 1.165) is 11.1 Å². The van der Waals surface area contributed by atoms with E-state index in [1.807, 2.05) is 43.3 Å². The first-order valence-corrected chi connectivity index (χ1v) is 15.9. The van der Waals surface area contributed by atoms with Crippen LogP contribution in [0, 0.1) is 6.92 Å². The summed E-state index contributed by atoms with van der Waals surface area (Å²) in [5.41, 5.74) is 3.33. The molecule has 2 heterocycles. The summed E-state index contributed by atoms with van der Waals surface area (Å²) in [5.74, 6) is -0.101. The number of aromatic nitrogens is 3. The first-order valence-electron chi connectivity index (χ1n) is 13.0. The van der Waals surface area contributed by atoms with Gasteiger partial charge in [-0.05, 0) is 55.3 Å². The highest BCUT2D eigenvalue weighted by atomic mass is 32.2. The molecule has 0 aliphatic rings. The second kappa shape index (κ2) is 10.5. The lowest BCUT2D eigenvalue weighted by molar-refractivity contribution is 0.596. The molecule has 0 aliphatic heterocycles. The number of nitrogens with zero attached hydrogens (tertiary/aromatic N) is 3. The number of anilines is 1. The van der Waals surface area contributed by atoms with Gasteiger partial charge in [0.05, 0.1) is 20.8 Å². The predicted octanol–water partition coefficient (Wildman–Crippen LogP) is 5.77. The van der Waals surface area contributed by atoms with Crippen LogP contribution >= 0.6 is 0 Å². The molecule has 2 aromatic heterocycles. The summed E-state index contributed by atoms with van der Waals surface area (Å²) in [6, 6.07) is 31.1. The second-order valence-corrected chi connectivity index (χ2v) is 13.3. The summed E-state index contributed by atoms with van der Waals surface area (Å²) >= 11 is 0. The predicted molar refractivity (Wildman–Crippen MR) is 159 cm³/mol. The molecule has 0 spiro atoms. The Kier molecular flexibility index (Phi) is 6.80. The van der Waals surface area contributed by atoms with E-state index in [2.05, 4.69) is 4.72 Å². The van der Waals surface area contributed by atoms with Crippen LogP contribution in [-0.4, -0.2) is 31.4 Å². The molecule has 206 valence electrons. The molecule has 0 saturated carbocycles. The third-order valence-electron chi connectivity index (χ3n) is 6.86. The minimum Gasteiger partial charge on any atom is -0.309 e. The first kappa shape index (κ1) is 26.7. The Morgan fingerprint density at radius 2 is 1.27 bits per heavy atom. The molecule has 4 aromatic carbocycles. The highest BCUT2D eigenvalue weighted by molar-refractivity contribution is 7.93. The van der Waals surface area contributed by atoms with Gasteiger partial charge >= 0.3 is 0 Å². The Bertz CT molecular complexity index is 2090. The van der Waals surface area contributed by atoms with Crippen molar-refractivity contribution in [1.82, 2.24) is 14.5 Å². The highest BCUT2D eigenvalue weighted by Crippen LogP contribution is 2.38. The average molecular weight is 583 g/mol. The molecule has 0 bridgehead atoms. The monoisotopic (exact) mass is 582 g/mol. The van der Waals surface area contributed by atoms with Crippen molar-refractivity contribution in [3.8, 4) is 0 Å². The molecule has 1 N–H and O–H groups in total. The van der Waals surface area contributed by atoms with Crippen molar-refractivity contribution in [2.45, 2.75) is 34.6 Å². The van der Waals surface area contributed by atoms with Gasteiger partial charge in [0.15, 0.2) is 5.65 Å². The maximum Gasteiger partial charge on any atom is 0.263 e. The molecule has 0 atom stereocenters. The maximum atomic E-state index is 14.3. The van der Waals surface area contributed by atoms with Crippen LogP contribution in [0.25, 0.3) is 22.2 Å². The number of benzene rings is 4. The molecule has 0 aliphatic carbocycles. The number of sulfonamides is 1. The van der Waals surface area contributed by atoms with E-state index in [1.165, 1.54) is 24.3 Å². The van der Waals surface area contributed by atoms with Crippen molar-refractivity contribution in [2.75, 3.05) is 4.72 Å². The maximum absolute atomic E-state index is 14.3. The van der Waals surface area contributed by atoms with Gasteiger partial charge in [-0.1, -0.05) is 78.4 Å². The normalized spacial score (nSPS) is 12.1. The molecule has 41 heavy (non-hydrogen) atoms. The average Bonchev–Trinajstić information content (AvgIpc) is 3.27. The van der Waals surface area contributed by atoms with Crippen LogP contribution in [0.15, 0.2) is 124 Å². The Morgan fingerprint density at radius 3 is 1.93 bits per heavy atom. The summed E-state index contributed by atoms with van der Waals surface area (Å²) in [7, 11) is -8.42. The van der Waals surface area contributed by atoms with Crippen LogP contribution in [0.2, 0.25) is 0 Å². The largest absolute Gasteiger partial charge is 0.309 e. The van der Waals surface area contributed by atoms with Gasteiger partial charge in [-0.15, -0.1) is 0 Å². The van der Waals surface area contributed by atoms with Gasteiger partial charge in [-0.3, -0.25) is 4.72 Å². The smallest absolute Gasteiger partial charge is 0.263 e. The lowest BCUT2D eigenvalue weighted by Crippen LogP contribution is -2.19. The summed E-state index contributed by atoms with van der Waals surface area (Å²) in [4.78, 5) is 9.32. The number of hydrogen-bond acceptors (Lipinski definition) is 6. The number of aryl methyl sites for hydroxylation is 3. The fourth-order valence-electron chi connectivity index (χ4n) is 4.75. The van der Waals surface area contributed by atoms with E-state index >= 15 is 0 Å². The highest BCUT2D eigenvalue weighted by Gasteiger charge is 2.33. The van der Waals surface area contributed by atoms with Crippen molar-refractivity contribution in [1.29, 1.82) is 0 Å². The van der Waals surface area contributed by atoms with Gasteiger partial charge in [0, 0.05) is 6.54 Å². The fourth-order valence-corrected chi connectivity index (χ4v) is 7.45. The lowest BCUT2D eigenvalue weighted by Gasteiger charge is -2.15. The molecule has 8 nitrogen and oxygen atoms in total. The van der Waals surface area contributed by atoms with Crippen molar-refractivity contribution in [3.05, 3.63) is 120 Å². The number of nitrogens with one attached hydrogen (secondary N) is 1. The summed E-state index contributed by atoms with van der Waals surface area (Å²) in [6.07, 6.45) is 0.503. The van der Waals surface area contributed by atoms with E-state index < -0.39 is 19.9 Å². The van der Waals surface area contributed by atoms with Crippen LogP contribution in [0.1, 0.15) is 11.1 Å². The second-order valence-electron chi connectivity index (χ2n) is 9.68. The summed E-state index contributed by atoms with van der Waals surface area (Å²) in [5, 5.41) is 0. The minimum atomic E-state index is -4.25. The van der Waals surface area contributed by atoms with Gasteiger partial charge in [0.2, 0.25) is 9.84 Å². The molecular weight excluding hydrogens is 556 g/mol. The zero-order valence-corrected chi connectivity index (χ0v) is 23.7. The minimum absolute atomic E-state index is 0.00429. The van der Waals surface area contributed by atoms with E-state index in [1.54, 1.807) is 53.1 Å². The molecule has 0 unspecified atom stereocenters. The zero-order valence-electron chi connectivity index (χ0n) is 22.1. The molecule has 0 amide bonds. The first-order chi connectivity index (χ1) is 19.7. The van der Waals surface area contributed by atoms with E-state index in [0.29, 0.717) is 17.5 Å². The quantitative estimate of drug-likeness (QED) is 0.244. The molecule has 10 heteroatoms. The van der Waals surface area contributed by atoms with Crippen LogP contribution in [-0.2, 0) is 32.8 Å². The molecule has 6 rings (SSSR count). The third-order valence-corrected chi connectivity index (χ3v) is 10.0. The van der Waals surface area contributed by atoms with Crippen LogP contribution in [0.4, 0.5) is 5.82 Å². The van der Waals surface area contributed by atoms with Gasteiger partial charge in [-0.25, -0.2) is 26.8 Å². The summed E-state index contributed by atoms with van der Waals surface area (Å²) in [6.45, 7) is 2.12. The van der Waals surface area contributed by atoms with Gasteiger partial charge in [0.25, 0.3) is 10.0 Å². The molecule has 0 fully saturated rings. The molecule has 0 saturated heterocycles. The van der Waals surface area contributed by atoms with Crippen molar-refractivity contribution < 1.29 is 16.8 Å². The van der Waals surface area contributed by atoms with Crippen molar-refractivity contribution >= 4 is 47.9 Å². The Labute approximate surface area is 238 Å². The van der Waals surface area contributed by atoms with Crippen LogP contribution < -0.4 is 4.72 Å². The van der Waals surface area contributed by atoms with Crippen LogP contribution in [0.5, 0.6) is 0 Å². The number of fused-ring (bicyclic) bond motifs is 2. The fraction of sp³-hybridized carbons (Fsp3) is 0.0968. The number of rotatable bonds is 8. The van der Waals surface area contributed by atoms with Gasteiger partial charge in [-0.2, -0.15) is 0 Å². The van der Waals surface area contributed by atoms with E-state index in [9.17, 15) is 16.8 Å². The van der Waals surface area contributed by atoms with Crippen LogP contribution in [0.3, 0.4) is 0 Å². The Balaban J connectivity index is 1.65. The number of sulfone groups is 1. The van der Waals surface area contributed by atoms with Crippen molar-refractivity contribution in [3.63, 3.8) is 0 Å². The zero-order chi connectivity index (χ0) is 28.6. The third kappa shape index (κ3) is 5.07. The number of hydrogen-bond donors (Lipinski definition) is 1. The molecule has 0 radical (unpaired) electrons. The number of para-hydroxylation sites is 2. The Hall–Kier alpha value is -4.54. The van der Waals surface area contributed by atoms with Gasteiger partial charge in [0.1, 0.15) is 16.2 Å². The standard InChI is InChI=1S/C31H26N4O4S2/c1-22-16-18-24(19-17-22)40(36,37)29-28-30(33-27-15-9-8-14-26(27)32-28)35(21-20-23-10-4-2-5-11-23)31(29)34-41(38,39)25-12-6-3-7-13-25/h2-19,34H,20-21H2,1H3. The molecular formula is C31H26N4O4S2. The SMILES string of the molecule is Cc1ccc(S(=O)(=O)c2c(NS(=O)(=O)c3ccccc3)n(CCc3ccccc3)c3nc4ccccc4nc23)cc1. The van der Waals surface area contributed by atoms with E-state index in [4.69, 9.17) is 9.97 Å². The van der Waals surface area contributed by atoms with E-state index in [-0.39, 0.29) is 38.2 Å². The summed E-state index contributed by atoms with van der Waals surface area (Å²) < 4.78 is 60.1. The van der Waals surface area contributed by atoms with Crippen molar-refractivity contribution in [2.24, 2.45) is 0 Å². The molecule has 6 aromatic rings.